The highest BCUT2D eigenvalue weighted by atomic mass is 16.4. The predicted octanol–water partition coefficient (Wildman–Crippen LogP) is 1.67. The van der Waals surface area contributed by atoms with Crippen LogP contribution in [0.15, 0.2) is 33.5 Å². The molecule has 0 aliphatic rings. The number of anilines is 2. The van der Waals surface area contributed by atoms with Gasteiger partial charge in [0.1, 0.15) is 5.52 Å². The second-order valence-electron chi connectivity index (χ2n) is 3.97. The van der Waals surface area contributed by atoms with Crippen molar-refractivity contribution in [1.82, 2.24) is 15.0 Å². The Bertz CT molecular complexity index is 773. The fourth-order valence-electron chi connectivity index (χ4n) is 1.61. The minimum Gasteiger partial charge on any atom is -0.493 e. The molecule has 0 aliphatic carbocycles. The van der Waals surface area contributed by atoms with Gasteiger partial charge in [0.05, 0.1) is 5.56 Å². The first-order valence-corrected chi connectivity index (χ1v) is 5.56. The van der Waals surface area contributed by atoms with Crippen LogP contribution in [-0.2, 0) is 0 Å². The Morgan fingerprint density at radius 3 is 2.84 bits per heavy atom. The Balaban J connectivity index is 1.99. The van der Waals surface area contributed by atoms with Crippen molar-refractivity contribution in [3.63, 3.8) is 0 Å². The summed E-state index contributed by atoms with van der Waals surface area (Å²) in [7, 11) is 0. The Kier molecular flexibility index (Phi) is 2.45. The molecule has 0 radical (unpaired) electrons. The molecule has 1 aromatic carbocycles. The molecule has 0 aliphatic heterocycles. The quantitative estimate of drug-likeness (QED) is 0.645. The average molecular weight is 258 g/mol. The maximum Gasteiger partial charge on any atom is 0.302 e. The smallest absolute Gasteiger partial charge is 0.302 e. The number of hydrogen-bond acceptors (Lipinski definition) is 6. The van der Waals surface area contributed by atoms with E-state index in [1.165, 1.54) is 6.92 Å². The molecule has 0 amide bonds. The summed E-state index contributed by atoms with van der Waals surface area (Å²) < 4.78 is 5.42. The van der Waals surface area contributed by atoms with E-state index in [1.54, 1.807) is 12.1 Å². The third kappa shape index (κ3) is 2.01. The Morgan fingerprint density at radius 1 is 1.32 bits per heavy atom. The Hall–Kier alpha value is -2.83. The highest BCUT2D eigenvalue weighted by molar-refractivity contribution is 5.74. The van der Waals surface area contributed by atoms with Crippen LogP contribution in [0.2, 0.25) is 0 Å². The van der Waals surface area contributed by atoms with Gasteiger partial charge in [0.15, 0.2) is 5.58 Å². The third-order valence-electron chi connectivity index (χ3n) is 2.64. The minimum absolute atomic E-state index is 0.0691. The molecule has 0 spiro atoms. The zero-order valence-electron chi connectivity index (χ0n) is 9.97. The van der Waals surface area contributed by atoms with Crippen LogP contribution in [0, 0.1) is 6.92 Å². The largest absolute Gasteiger partial charge is 0.493 e. The zero-order chi connectivity index (χ0) is 13.4. The second kappa shape index (κ2) is 4.13. The fourth-order valence-corrected chi connectivity index (χ4v) is 1.61. The van der Waals surface area contributed by atoms with Crippen molar-refractivity contribution in [3.05, 3.63) is 40.2 Å². The summed E-state index contributed by atoms with van der Waals surface area (Å²) in [5.41, 5.74) is 1.03. The molecule has 2 aromatic heterocycles. The summed E-state index contributed by atoms with van der Waals surface area (Å²) in [6.07, 6.45) is 0. The summed E-state index contributed by atoms with van der Waals surface area (Å²) in [5.74, 6) is -0.262. The highest BCUT2D eigenvalue weighted by Gasteiger charge is 2.09. The number of benzene rings is 1. The molecule has 7 heteroatoms. The number of aromatic hydroxyl groups is 1. The number of nitrogens with zero attached hydrogens (tertiary/aromatic N) is 2. The van der Waals surface area contributed by atoms with Crippen LogP contribution < -0.4 is 10.9 Å². The summed E-state index contributed by atoms with van der Waals surface area (Å²) in [5, 5.41) is 12.2. The van der Waals surface area contributed by atoms with Crippen LogP contribution in [-0.4, -0.2) is 20.1 Å². The van der Waals surface area contributed by atoms with E-state index in [1.807, 2.05) is 12.1 Å². The standard InChI is InChI=1S/C12H10N4O3/c1-6-9(17)14-11(15-10(6)18)16-12-13-7-4-2-3-5-8(7)19-12/h2-5H,1H3,(H3,13,14,15,16,17,18). The van der Waals surface area contributed by atoms with Crippen LogP contribution >= 0.6 is 0 Å². The molecule has 7 nitrogen and oxygen atoms in total. The average Bonchev–Trinajstić information content (AvgIpc) is 2.78. The van der Waals surface area contributed by atoms with Crippen molar-refractivity contribution in [3.8, 4) is 5.88 Å². The molecule has 0 saturated heterocycles. The van der Waals surface area contributed by atoms with E-state index in [0.717, 1.165) is 0 Å². The van der Waals surface area contributed by atoms with E-state index >= 15 is 0 Å². The maximum atomic E-state index is 11.5. The van der Waals surface area contributed by atoms with Crippen molar-refractivity contribution in [2.24, 2.45) is 0 Å². The van der Waals surface area contributed by atoms with E-state index in [2.05, 4.69) is 20.3 Å². The number of hydrogen-bond donors (Lipinski definition) is 3. The lowest BCUT2D eigenvalue weighted by molar-refractivity contribution is 0.447. The first-order chi connectivity index (χ1) is 9.13. The minimum atomic E-state index is -0.425. The van der Waals surface area contributed by atoms with E-state index in [4.69, 9.17) is 4.42 Å². The van der Waals surface area contributed by atoms with Gasteiger partial charge in [0, 0.05) is 0 Å². The molecular formula is C12H10N4O3. The van der Waals surface area contributed by atoms with Crippen molar-refractivity contribution in [1.29, 1.82) is 0 Å². The third-order valence-corrected chi connectivity index (χ3v) is 2.64. The van der Waals surface area contributed by atoms with Gasteiger partial charge >= 0.3 is 6.01 Å². The van der Waals surface area contributed by atoms with Gasteiger partial charge < -0.3 is 9.52 Å². The van der Waals surface area contributed by atoms with E-state index in [0.29, 0.717) is 11.1 Å². The summed E-state index contributed by atoms with van der Waals surface area (Å²) in [6, 6.07) is 7.43. The zero-order valence-corrected chi connectivity index (χ0v) is 9.97. The predicted molar refractivity (Wildman–Crippen MR) is 68.6 cm³/mol. The molecular weight excluding hydrogens is 248 g/mol. The lowest BCUT2D eigenvalue weighted by Gasteiger charge is -2.02. The molecule has 0 atom stereocenters. The lowest BCUT2D eigenvalue weighted by Crippen LogP contribution is -2.13. The number of rotatable bonds is 2. The topological polar surface area (TPSA) is 104 Å². The van der Waals surface area contributed by atoms with Crippen LogP contribution in [0.4, 0.5) is 12.0 Å². The van der Waals surface area contributed by atoms with Gasteiger partial charge in [0.2, 0.25) is 11.8 Å². The highest BCUT2D eigenvalue weighted by Crippen LogP contribution is 2.20. The van der Waals surface area contributed by atoms with Crippen molar-refractivity contribution in [2.75, 3.05) is 5.32 Å². The summed E-state index contributed by atoms with van der Waals surface area (Å²) in [6.45, 7) is 1.48. The number of fused-ring (bicyclic) bond motifs is 1. The van der Waals surface area contributed by atoms with E-state index < -0.39 is 5.56 Å². The molecule has 0 fully saturated rings. The Morgan fingerprint density at radius 2 is 2.11 bits per heavy atom. The van der Waals surface area contributed by atoms with Gasteiger partial charge in [0.25, 0.3) is 5.56 Å². The van der Waals surface area contributed by atoms with Gasteiger partial charge in [-0.25, -0.2) is 0 Å². The molecule has 96 valence electrons. The van der Waals surface area contributed by atoms with Crippen LogP contribution in [0.25, 0.3) is 11.1 Å². The van der Waals surface area contributed by atoms with E-state index in [9.17, 15) is 9.90 Å². The molecule has 3 N–H and O–H groups in total. The van der Waals surface area contributed by atoms with E-state index in [-0.39, 0.29) is 23.4 Å². The van der Waals surface area contributed by atoms with Crippen molar-refractivity contribution in [2.45, 2.75) is 6.92 Å². The second-order valence-corrected chi connectivity index (χ2v) is 3.97. The molecule has 0 saturated carbocycles. The molecule has 19 heavy (non-hydrogen) atoms. The number of nitrogens with one attached hydrogen (secondary N) is 2. The van der Waals surface area contributed by atoms with Gasteiger partial charge in [-0.15, -0.1) is 0 Å². The molecule has 3 aromatic rings. The normalized spacial score (nSPS) is 10.8. The first-order valence-electron chi connectivity index (χ1n) is 5.56. The number of aromatic nitrogens is 3. The molecule has 3 rings (SSSR count). The molecule has 2 heterocycles. The van der Waals surface area contributed by atoms with Gasteiger partial charge in [-0.05, 0) is 19.1 Å². The number of H-pyrrole nitrogens is 1. The van der Waals surface area contributed by atoms with Crippen molar-refractivity contribution < 1.29 is 9.52 Å². The summed E-state index contributed by atoms with van der Waals surface area (Å²) >= 11 is 0. The molecule has 0 bridgehead atoms. The van der Waals surface area contributed by atoms with Gasteiger partial charge in [-0.2, -0.15) is 9.97 Å². The monoisotopic (exact) mass is 258 g/mol. The van der Waals surface area contributed by atoms with Crippen LogP contribution in [0.1, 0.15) is 5.56 Å². The SMILES string of the molecule is Cc1c(O)nc(Nc2nc3ccccc3o2)[nH]c1=O. The first kappa shape index (κ1) is 11.3. The number of oxazole rings is 1. The fraction of sp³-hybridized carbons (Fsp3) is 0.0833. The van der Waals surface area contributed by atoms with Gasteiger partial charge in [-0.1, -0.05) is 12.1 Å². The molecule has 0 unspecified atom stereocenters. The van der Waals surface area contributed by atoms with Crippen LogP contribution in [0.3, 0.4) is 0 Å². The summed E-state index contributed by atoms with van der Waals surface area (Å²) in [4.78, 5) is 21.9. The van der Waals surface area contributed by atoms with Crippen molar-refractivity contribution >= 4 is 23.1 Å². The lowest BCUT2D eigenvalue weighted by atomic mass is 10.3. The maximum absolute atomic E-state index is 11.5. The van der Waals surface area contributed by atoms with Crippen LogP contribution in [0.5, 0.6) is 5.88 Å². The Labute approximate surface area is 106 Å². The number of aromatic amines is 1. The van der Waals surface area contributed by atoms with Gasteiger partial charge in [-0.3, -0.25) is 15.1 Å². The number of para-hydroxylation sites is 2.